The summed E-state index contributed by atoms with van der Waals surface area (Å²) in [5, 5.41) is 11.9. The zero-order valence-electron chi connectivity index (χ0n) is 16.2. The van der Waals surface area contributed by atoms with Gasteiger partial charge in [-0.2, -0.15) is 0 Å². The predicted molar refractivity (Wildman–Crippen MR) is 111 cm³/mol. The van der Waals surface area contributed by atoms with E-state index in [1.165, 1.54) is 0 Å². The third-order valence-electron chi connectivity index (χ3n) is 5.30. The number of likely N-dealkylation sites (N-methyl/N-ethyl adjacent to an activating group) is 1. The molecule has 0 saturated carbocycles. The van der Waals surface area contributed by atoms with Crippen LogP contribution in [0, 0.1) is 0 Å². The van der Waals surface area contributed by atoms with Crippen molar-refractivity contribution in [3.05, 3.63) is 89.3 Å². The molecule has 148 valence electrons. The van der Waals surface area contributed by atoms with Crippen LogP contribution in [0.1, 0.15) is 17.5 Å². The number of amides is 1. The number of carbonyl (C=O) groups excluding carboxylic acids is 2. The first-order valence-electron chi connectivity index (χ1n) is 9.62. The number of hydrazine groups is 1. The summed E-state index contributed by atoms with van der Waals surface area (Å²) in [4.78, 5) is 25.9. The average Bonchev–Trinajstić information content (AvgIpc) is 2.75. The highest BCUT2D eigenvalue weighted by Gasteiger charge is 2.40. The molecule has 0 radical (unpaired) electrons. The van der Waals surface area contributed by atoms with Crippen LogP contribution in [0.25, 0.3) is 5.57 Å². The first kappa shape index (κ1) is 19.0. The van der Waals surface area contributed by atoms with Gasteiger partial charge in [-0.15, -0.1) is 0 Å². The Kier molecular flexibility index (Phi) is 5.18. The molecular weight excluding hydrogens is 366 g/mol. The van der Waals surface area contributed by atoms with E-state index in [4.69, 9.17) is 0 Å². The van der Waals surface area contributed by atoms with Gasteiger partial charge < -0.3 is 10.0 Å². The molecule has 0 aliphatic carbocycles. The predicted octanol–water partition coefficient (Wildman–Crippen LogP) is 2.51. The summed E-state index contributed by atoms with van der Waals surface area (Å²) in [6.45, 7) is 0.473. The molecule has 1 amide bonds. The first-order valence-corrected chi connectivity index (χ1v) is 9.62. The van der Waals surface area contributed by atoms with Crippen LogP contribution in [0.5, 0.6) is 0 Å². The van der Waals surface area contributed by atoms with Gasteiger partial charge in [0.1, 0.15) is 0 Å². The van der Waals surface area contributed by atoms with E-state index < -0.39 is 11.5 Å². The van der Waals surface area contributed by atoms with Crippen molar-refractivity contribution in [2.45, 2.75) is 12.5 Å². The Hall–Kier alpha value is -3.38. The van der Waals surface area contributed by atoms with Gasteiger partial charge in [-0.05, 0) is 23.1 Å². The lowest BCUT2D eigenvalue weighted by Crippen LogP contribution is -2.61. The molecular formula is C23H23N3O3. The lowest BCUT2D eigenvalue weighted by molar-refractivity contribution is -0.136. The number of aliphatic hydroxyl groups is 1. The summed E-state index contributed by atoms with van der Waals surface area (Å²) in [6, 6.07) is 20.2. The molecule has 1 saturated heterocycles. The maximum atomic E-state index is 12.5. The topological polar surface area (TPSA) is 72.9 Å². The second-order valence-corrected chi connectivity index (χ2v) is 7.25. The molecule has 2 aliphatic rings. The number of rotatable bonds is 4. The van der Waals surface area contributed by atoms with Gasteiger partial charge in [-0.25, -0.2) is 5.43 Å². The van der Waals surface area contributed by atoms with Crippen molar-refractivity contribution in [2.24, 2.45) is 0 Å². The van der Waals surface area contributed by atoms with Gasteiger partial charge in [0.2, 0.25) is 5.78 Å². The van der Waals surface area contributed by atoms with E-state index in [9.17, 15) is 14.7 Å². The maximum absolute atomic E-state index is 12.5. The molecule has 0 bridgehead atoms. The minimum absolute atomic E-state index is 0.0171. The number of piperazine rings is 1. The highest BCUT2D eigenvalue weighted by atomic mass is 16.3. The molecule has 2 N–H and O–H groups in total. The second-order valence-electron chi connectivity index (χ2n) is 7.25. The van der Waals surface area contributed by atoms with Crippen LogP contribution >= 0.6 is 0 Å². The average molecular weight is 389 g/mol. The molecule has 6 heteroatoms. The quantitative estimate of drug-likeness (QED) is 0.841. The molecule has 0 aromatic heterocycles. The summed E-state index contributed by atoms with van der Waals surface area (Å²) < 4.78 is 0. The fourth-order valence-corrected chi connectivity index (χ4v) is 3.82. The minimum atomic E-state index is -0.469. The van der Waals surface area contributed by atoms with Crippen molar-refractivity contribution in [2.75, 3.05) is 20.1 Å². The molecule has 29 heavy (non-hydrogen) atoms. The van der Waals surface area contributed by atoms with Crippen LogP contribution in [-0.4, -0.2) is 52.9 Å². The number of hydrogen-bond donors (Lipinski definition) is 2. The van der Waals surface area contributed by atoms with E-state index in [1.54, 1.807) is 17.0 Å². The van der Waals surface area contributed by atoms with Gasteiger partial charge >= 0.3 is 0 Å². The number of fused-ring (bicyclic) bond motifs is 1. The zero-order chi connectivity index (χ0) is 20.4. The number of Topliss-reactive ketones (excluding diaryl/α,β-unsaturated/α-hetero) is 1. The molecule has 2 aromatic carbocycles. The van der Waals surface area contributed by atoms with Crippen molar-refractivity contribution in [1.82, 2.24) is 15.3 Å². The van der Waals surface area contributed by atoms with Crippen LogP contribution in [0.3, 0.4) is 0 Å². The van der Waals surface area contributed by atoms with Crippen molar-refractivity contribution in [1.29, 1.82) is 0 Å². The summed E-state index contributed by atoms with van der Waals surface area (Å²) in [7, 11) is 1.69. The fraction of sp³-hybridized carbons (Fsp3) is 0.217. The monoisotopic (exact) mass is 389 g/mol. The highest BCUT2D eigenvalue weighted by Crippen LogP contribution is 2.28. The molecule has 4 rings (SSSR count). The SMILES string of the molecule is CN1C[C@H](CC=C(c2ccccc2)c2ccccc2)N2NCC(=O)C(O)=C2C1=O. The number of hydrogen-bond acceptors (Lipinski definition) is 5. The van der Waals surface area contributed by atoms with E-state index in [0.717, 1.165) is 16.7 Å². The largest absolute Gasteiger partial charge is 0.503 e. The Morgan fingerprint density at radius 1 is 1.07 bits per heavy atom. The lowest BCUT2D eigenvalue weighted by atomic mass is 9.95. The number of nitrogens with zero attached hydrogens (tertiary/aromatic N) is 2. The van der Waals surface area contributed by atoms with Gasteiger partial charge in [0.05, 0.1) is 12.6 Å². The first-order chi connectivity index (χ1) is 14.1. The van der Waals surface area contributed by atoms with Gasteiger partial charge in [0.25, 0.3) is 5.91 Å². The number of benzene rings is 2. The molecule has 0 unspecified atom stereocenters. The normalized spacial score (nSPS) is 19.3. The number of carbonyl (C=O) groups is 2. The van der Waals surface area contributed by atoms with Crippen LogP contribution < -0.4 is 5.43 Å². The zero-order valence-corrected chi connectivity index (χ0v) is 16.2. The molecule has 0 spiro atoms. The van der Waals surface area contributed by atoms with Crippen molar-refractivity contribution in [3.63, 3.8) is 0 Å². The standard InChI is InChI=1S/C23H23N3O3/c1-25-15-18(26-21(23(25)29)22(28)20(27)14-24-26)12-13-19(16-8-4-2-5-9-16)17-10-6-3-7-11-17/h2-11,13,18,24,28H,12,14-15H2,1H3/t18-/m0/s1. The van der Waals surface area contributed by atoms with Gasteiger partial charge in [-0.1, -0.05) is 66.7 Å². The van der Waals surface area contributed by atoms with Crippen molar-refractivity contribution < 1.29 is 14.7 Å². The number of nitrogens with one attached hydrogen (secondary N) is 1. The van der Waals surface area contributed by atoms with Crippen LogP contribution in [0.15, 0.2) is 78.2 Å². The van der Waals surface area contributed by atoms with Crippen LogP contribution in [0.4, 0.5) is 0 Å². The lowest BCUT2D eigenvalue weighted by Gasteiger charge is -2.43. The van der Waals surface area contributed by atoms with Gasteiger partial charge in [0.15, 0.2) is 11.5 Å². The molecule has 1 atom stereocenters. The summed E-state index contributed by atoms with van der Waals surface area (Å²) >= 11 is 0. The van der Waals surface area contributed by atoms with E-state index >= 15 is 0 Å². The molecule has 1 fully saturated rings. The molecule has 2 heterocycles. The molecule has 2 aliphatic heterocycles. The third kappa shape index (κ3) is 3.67. The molecule has 6 nitrogen and oxygen atoms in total. The summed E-state index contributed by atoms with van der Waals surface area (Å²) in [6.07, 6.45) is 2.79. The van der Waals surface area contributed by atoms with Gasteiger partial charge in [-0.3, -0.25) is 14.6 Å². The number of aliphatic hydroxyl groups excluding tert-OH is 1. The summed E-state index contributed by atoms with van der Waals surface area (Å²) in [5.41, 5.74) is 6.36. The Bertz CT molecular complexity index is 941. The van der Waals surface area contributed by atoms with E-state index in [0.29, 0.717) is 13.0 Å². The summed E-state index contributed by atoms with van der Waals surface area (Å²) in [5.74, 6) is -1.28. The second kappa shape index (κ2) is 7.93. The smallest absolute Gasteiger partial charge is 0.275 e. The Labute approximate surface area is 169 Å². The number of ketones is 1. The Balaban J connectivity index is 1.68. The van der Waals surface area contributed by atoms with Crippen molar-refractivity contribution >= 4 is 17.3 Å². The fourth-order valence-electron chi connectivity index (χ4n) is 3.82. The minimum Gasteiger partial charge on any atom is -0.503 e. The van der Waals surface area contributed by atoms with Gasteiger partial charge in [0, 0.05) is 13.6 Å². The Morgan fingerprint density at radius 2 is 1.66 bits per heavy atom. The Morgan fingerprint density at radius 3 is 2.24 bits per heavy atom. The van der Waals surface area contributed by atoms with Crippen LogP contribution in [-0.2, 0) is 9.59 Å². The highest BCUT2D eigenvalue weighted by molar-refractivity contribution is 6.05. The van der Waals surface area contributed by atoms with E-state index in [2.05, 4.69) is 35.8 Å². The molecule has 2 aromatic rings. The van der Waals surface area contributed by atoms with E-state index in [1.807, 2.05) is 36.4 Å². The maximum Gasteiger partial charge on any atom is 0.275 e. The van der Waals surface area contributed by atoms with Crippen LogP contribution in [0.2, 0.25) is 0 Å². The van der Waals surface area contributed by atoms with Crippen molar-refractivity contribution in [3.8, 4) is 0 Å². The third-order valence-corrected chi connectivity index (χ3v) is 5.30. The van der Waals surface area contributed by atoms with E-state index in [-0.39, 0.29) is 24.2 Å².